The van der Waals surface area contributed by atoms with E-state index in [-0.39, 0.29) is 5.91 Å². The summed E-state index contributed by atoms with van der Waals surface area (Å²) in [5, 5.41) is 2.96. The van der Waals surface area contributed by atoms with Gasteiger partial charge in [-0.15, -0.1) is 0 Å². The highest BCUT2D eigenvalue weighted by Gasteiger charge is 2.15. The van der Waals surface area contributed by atoms with Crippen LogP contribution in [0.5, 0.6) is 0 Å². The SMILES string of the molecule is O=C(CCC1CCCC1)NCCc1ccoc1. The average molecular weight is 235 g/mol. The molecule has 1 saturated carbocycles. The molecule has 1 amide bonds. The second-order valence-corrected chi connectivity index (χ2v) is 4.92. The second kappa shape index (κ2) is 6.48. The van der Waals surface area contributed by atoms with E-state index in [2.05, 4.69) is 5.32 Å². The maximum atomic E-state index is 11.6. The number of amides is 1. The molecular formula is C14H21NO2. The Balaban J connectivity index is 1.54. The van der Waals surface area contributed by atoms with Crippen LogP contribution in [-0.4, -0.2) is 12.5 Å². The molecule has 1 fully saturated rings. The van der Waals surface area contributed by atoms with Gasteiger partial charge in [-0.3, -0.25) is 4.79 Å². The van der Waals surface area contributed by atoms with Crippen molar-refractivity contribution >= 4 is 5.91 Å². The van der Waals surface area contributed by atoms with E-state index in [0.29, 0.717) is 13.0 Å². The quantitative estimate of drug-likeness (QED) is 0.823. The van der Waals surface area contributed by atoms with Crippen molar-refractivity contribution in [3.05, 3.63) is 24.2 Å². The fourth-order valence-corrected chi connectivity index (χ4v) is 2.50. The van der Waals surface area contributed by atoms with Gasteiger partial charge in [-0.25, -0.2) is 0 Å². The van der Waals surface area contributed by atoms with Gasteiger partial charge in [-0.05, 0) is 30.4 Å². The number of hydrogen-bond donors (Lipinski definition) is 1. The van der Waals surface area contributed by atoms with E-state index < -0.39 is 0 Å². The van der Waals surface area contributed by atoms with Gasteiger partial charge >= 0.3 is 0 Å². The molecule has 1 aromatic heterocycles. The lowest BCUT2D eigenvalue weighted by Crippen LogP contribution is -2.25. The molecule has 0 bridgehead atoms. The number of hydrogen-bond acceptors (Lipinski definition) is 2. The number of furan rings is 1. The van der Waals surface area contributed by atoms with Crippen LogP contribution in [0.4, 0.5) is 0 Å². The lowest BCUT2D eigenvalue weighted by atomic mass is 10.0. The molecule has 0 spiro atoms. The standard InChI is InChI=1S/C14H21NO2/c16-14(6-5-12-3-1-2-4-12)15-9-7-13-8-10-17-11-13/h8,10-12H,1-7,9H2,(H,15,16). The van der Waals surface area contributed by atoms with E-state index in [9.17, 15) is 4.79 Å². The van der Waals surface area contributed by atoms with Crippen LogP contribution in [0.1, 0.15) is 44.1 Å². The average Bonchev–Trinajstić information content (AvgIpc) is 2.99. The van der Waals surface area contributed by atoms with Gasteiger partial charge in [0.1, 0.15) is 0 Å². The molecule has 0 aromatic carbocycles. The first-order chi connectivity index (χ1) is 8.34. The van der Waals surface area contributed by atoms with Crippen molar-refractivity contribution in [2.75, 3.05) is 6.54 Å². The molecule has 1 aromatic rings. The molecule has 17 heavy (non-hydrogen) atoms. The predicted octanol–water partition coefficient (Wildman–Crippen LogP) is 2.91. The first kappa shape index (κ1) is 12.2. The molecule has 1 aliphatic rings. The lowest BCUT2D eigenvalue weighted by Gasteiger charge is -2.08. The van der Waals surface area contributed by atoms with Crippen LogP contribution in [0, 0.1) is 5.92 Å². The summed E-state index contributed by atoms with van der Waals surface area (Å²) < 4.78 is 4.97. The van der Waals surface area contributed by atoms with E-state index in [1.54, 1.807) is 12.5 Å². The molecule has 3 heteroatoms. The van der Waals surface area contributed by atoms with Gasteiger partial charge < -0.3 is 9.73 Å². The van der Waals surface area contributed by atoms with Gasteiger partial charge in [-0.1, -0.05) is 25.7 Å². The van der Waals surface area contributed by atoms with Crippen LogP contribution in [-0.2, 0) is 11.2 Å². The first-order valence-electron chi connectivity index (χ1n) is 6.62. The minimum atomic E-state index is 0.195. The zero-order chi connectivity index (χ0) is 11.9. The third kappa shape index (κ3) is 4.25. The summed E-state index contributed by atoms with van der Waals surface area (Å²) in [5.41, 5.74) is 1.14. The van der Waals surface area contributed by atoms with Crippen LogP contribution < -0.4 is 5.32 Å². The molecule has 1 aliphatic carbocycles. The fourth-order valence-electron chi connectivity index (χ4n) is 2.50. The minimum Gasteiger partial charge on any atom is -0.472 e. The van der Waals surface area contributed by atoms with Gasteiger partial charge in [0.15, 0.2) is 0 Å². The van der Waals surface area contributed by atoms with Crippen LogP contribution in [0.3, 0.4) is 0 Å². The van der Waals surface area contributed by atoms with Crippen molar-refractivity contribution in [1.82, 2.24) is 5.32 Å². The Hall–Kier alpha value is -1.25. The van der Waals surface area contributed by atoms with E-state index in [4.69, 9.17) is 4.42 Å². The number of carbonyl (C=O) groups is 1. The fraction of sp³-hybridized carbons (Fsp3) is 0.643. The van der Waals surface area contributed by atoms with Crippen LogP contribution >= 0.6 is 0 Å². The van der Waals surface area contributed by atoms with E-state index >= 15 is 0 Å². The third-order valence-corrected chi connectivity index (χ3v) is 3.57. The predicted molar refractivity (Wildman–Crippen MR) is 66.6 cm³/mol. The topological polar surface area (TPSA) is 42.2 Å². The second-order valence-electron chi connectivity index (χ2n) is 4.92. The van der Waals surface area contributed by atoms with Crippen LogP contribution in [0.2, 0.25) is 0 Å². The van der Waals surface area contributed by atoms with Gasteiger partial charge in [-0.2, -0.15) is 0 Å². The molecule has 94 valence electrons. The molecule has 3 nitrogen and oxygen atoms in total. The molecule has 0 unspecified atom stereocenters. The van der Waals surface area contributed by atoms with Crippen molar-refractivity contribution in [2.24, 2.45) is 5.92 Å². The van der Waals surface area contributed by atoms with Gasteiger partial charge in [0, 0.05) is 13.0 Å². The summed E-state index contributed by atoms with van der Waals surface area (Å²) in [6.07, 6.45) is 11.4. The third-order valence-electron chi connectivity index (χ3n) is 3.57. The molecule has 1 N–H and O–H groups in total. The first-order valence-corrected chi connectivity index (χ1v) is 6.62. The highest BCUT2D eigenvalue weighted by atomic mass is 16.3. The Bertz CT molecular complexity index is 326. The van der Waals surface area contributed by atoms with Crippen LogP contribution in [0.15, 0.2) is 23.0 Å². The monoisotopic (exact) mass is 235 g/mol. The Morgan fingerprint density at radius 2 is 2.24 bits per heavy atom. The maximum absolute atomic E-state index is 11.6. The Labute approximate surface area is 103 Å². The molecule has 1 heterocycles. The zero-order valence-corrected chi connectivity index (χ0v) is 10.3. The largest absolute Gasteiger partial charge is 0.472 e. The molecule has 0 saturated heterocycles. The Morgan fingerprint density at radius 1 is 1.41 bits per heavy atom. The highest BCUT2D eigenvalue weighted by molar-refractivity contribution is 5.75. The van der Waals surface area contributed by atoms with Crippen molar-refractivity contribution in [3.8, 4) is 0 Å². The van der Waals surface area contributed by atoms with Gasteiger partial charge in [0.25, 0.3) is 0 Å². The minimum absolute atomic E-state index is 0.195. The Morgan fingerprint density at radius 3 is 2.94 bits per heavy atom. The normalized spacial score (nSPS) is 16.2. The summed E-state index contributed by atoms with van der Waals surface area (Å²) in [5.74, 6) is 0.995. The van der Waals surface area contributed by atoms with Crippen molar-refractivity contribution < 1.29 is 9.21 Å². The van der Waals surface area contributed by atoms with Crippen molar-refractivity contribution in [1.29, 1.82) is 0 Å². The summed E-state index contributed by atoms with van der Waals surface area (Å²) in [6, 6.07) is 1.94. The smallest absolute Gasteiger partial charge is 0.220 e. The van der Waals surface area contributed by atoms with E-state index in [1.165, 1.54) is 25.7 Å². The number of rotatable bonds is 6. The molecule has 0 atom stereocenters. The van der Waals surface area contributed by atoms with Crippen molar-refractivity contribution in [3.63, 3.8) is 0 Å². The number of nitrogens with one attached hydrogen (secondary N) is 1. The maximum Gasteiger partial charge on any atom is 0.220 e. The van der Waals surface area contributed by atoms with Crippen LogP contribution in [0.25, 0.3) is 0 Å². The van der Waals surface area contributed by atoms with Gasteiger partial charge in [0.2, 0.25) is 5.91 Å². The van der Waals surface area contributed by atoms with E-state index in [0.717, 1.165) is 24.3 Å². The summed E-state index contributed by atoms with van der Waals surface area (Å²) in [7, 11) is 0. The highest BCUT2D eigenvalue weighted by Crippen LogP contribution is 2.28. The van der Waals surface area contributed by atoms with Gasteiger partial charge in [0.05, 0.1) is 12.5 Å². The zero-order valence-electron chi connectivity index (χ0n) is 10.3. The molecule has 0 aliphatic heterocycles. The summed E-state index contributed by atoms with van der Waals surface area (Å²) in [4.78, 5) is 11.6. The van der Waals surface area contributed by atoms with Crippen molar-refractivity contribution in [2.45, 2.75) is 44.9 Å². The molecule has 0 radical (unpaired) electrons. The molecule has 2 rings (SSSR count). The van der Waals surface area contributed by atoms with E-state index in [1.807, 2.05) is 6.07 Å². The summed E-state index contributed by atoms with van der Waals surface area (Å²) in [6.45, 7) is 0.711. The lowest BCUT2D eigenvalue weighted by molar-refractivity contribution is -0.121. The molecular weight excluding hydrogens is 214 g/mol. The number of carbonyl (C=O) groups excluding carboxylic acids is 1. The summed E-state index contributed by atoms with van der Waals surface area (Å²) >= 11 is 0. The Kier molecular flexibility index (Phi) is 4.65.